The minimum absolute atomic E-state index is 0.287. The lowest BCUT2D eigenvalue weighted by atomic mass is 10.1. The number of hydrogen-bond donors (Lipinski definition) is 0. The zero-order chi connectivity index (χ0) is 21.7. The quantitative estimate of drug-likeness (QED) is 0.495. The predicted octanol–water partition coefficient (Wildman–Crippen LogP) is 2.59. The fraction of sp³-hybridized carbons (Fsp3) is 0.400. The lowest BCUT2D eigenvalue weighted by molar-refractivity contribution is -0.186. The summed E-state index contributed by atoms with van der Waals surface area (Å²) < 4.78 is 27.2. The van der Waals surface area contributed by atoms with E-state index in [-0.39, 0.29) is 5.75 Å². The van der Waals surface area contributed by atoms with E-state index in [1.54, 1.807) is 30.9 Å². The average molecular weight is 435 g/mol. The monoisotopic (exact) mass is 435 g/mol. The van der Waals surface area contributed by atoms with Crippen molar-refractivity contribution in [3.8, 4) is 16.9 Å². The number of pyridine rings is 1. The van der Waals surface area contributed by atoms with Gasteiger partial charge in [0, 0.05) is 43.8 Å². The van der Waals surface area contributed by atoms with Crippen LogP contribution in [0.5, 0.6) is 5.75 Å². The van der Waals surface area contributed by atoms with Crippen molar-refractivity contribution in [1.82, 2.24) is 4.98 Å². The van der Waals surface area contributed by atoms with Crippen LogP contribution in [0.1, 0.15) is 20.8 Å². The number of hydrogen-bond acceptors (Lipinski definition) is 10. The van der Waals surface area contributed by atoms with Crippen LogP contribution in [-0.2, 0) is 28.6 Å². The van der Waals surface area contributed by atoms with Crippen molar-refractivity contribution in [2.45, 2.75) is 44.5 Å². The molecule has 0 radical (unpaired) electrons. The molecule has 3 rings (SSSR count). The van der Waals surface area contributed by atoms with Crippen LogP contribution in [0.25, 0.3) is 11.1 Å². The summed E-state index contributed by atoms with van der Waals surface area (Å²) >= 11 is 1.28. The van der Waals surface area contributed by atoms with Crippen LogP contribution in [0, 0.1) is 0 Å². The Morgan fingerprint density at radius 2 is 1.70 bits per heavy atom. The van der Waals surface area contributed by atoms with Gasteiger partial charge in [0.05, 0.1) is 18.7 Å². The summed E-state index contributed by atoms with van der Waals surface area (Å²) in [5.41, 5.74) is 0.889. The molecule has 2 aromatic heterocycles. The Hall–Kier alpha value is -3.01. The number of carbonyl (C=O) groups excluding carboxylic acids is 3. The van der Waals surface area contributed by atoms with E-state index in [0.29, 0.717) is 5.75 Å². The van der Waals surface area contributed by atoms with Crippen molar-refractivity contribution in [2.24, 2.45) is 0 Å². The summed E-state index contributed by atoms with van der Waals surface area (Å²) in [6.07, 6.45) is 3.53. The van der Waals surface area contributed by atoms with Gasteiger partial charge >= 0.3 is 17.9 Å². The maximum absolute atomic E-state index is 11.7. The second-order valence-corrected chi connectivity index (χ2v) is 7.67. The molecule has 10 heteroatoms. The molecule has 1 aliphatic heterocycles. The molecule has 0 saturated carbocycles. The molecule has 0 amide bonds. The van der Waals surface area contributed by atoms with Crippen LogP contribution in [-0.4, -0.2) is 52.4 Å². The minimum atomic E-state index is -1.01. The van der Waals surface area contributed by atoms with Crippen LogP contribution in [0.3, 0.4) is 0 Å². The Balaban J connectivity index is 1.85. The first-order valence-corrected chi connectivity index (χ1v) is 10.2. The zero-order valence-corrected chi connectivity index (χ0v) is 17.4. The first-order valence-electron chi connectivity index (χ1n) is 9.11. The molecule has 0 aliphatic carbocycles. The first kappa shape index (κ1) is 21.7. The lowest BCUT2D eigenvalue weighted by Crippen LogP contribution is -2.55. The van der Waals surface area contributed by atoms with E-state index in [0.717, 1.165) is 11.1 Å². The predicted molar refractivity (Wildman–Crippen MR) is 105 cm³/mol. The van der Waals surface area contributed by atoms with Gasteiger partial charge in [-0.1, -0.05) is 0 Å². The molecule has 2 aromatic rings. The Bertz CT molecular complexity index is 900. The Kier molecular flexibility index (Phi) is 6.99. The maximum atomic E-state index is 11.7. The van der Waals surface area contributed by atoms with E-state index in [9.17, 15) is 14.4 Å². The summed E-state index contributed by atoms with van der Waals surface area (Å²) in [5.74, 6) is -0.996. The number of thioether (sulfide) groups is 1. The lowest BCUT2D eigenvalue weighted by Gasteiger charge is -2.39. The third kappa shape index (κ3) is 5.53. The SMILES string of the molecule is CC(=O)O[C@@H]1[C@@H](OC(C)=O)[C@@H](Oc2cncc(-c3ccoc3)c2)SC[C@H]1OC(C)=O. The van der Waals surface area contributed by atoms with E-state index in [1.807, 2.05) is 0 Å². The van der Waals surface area contributed by atoms with E-state index in [1.165, 1.54) is 38.7 Å². The molecule has 0 bridgehead atoms. The van der Waals surface area contributed by atoms with Gasteiger partial charge in [0.15, 0.2) is 23.7 Å². The van der Waals surface area contributed by atoms with Gasteiger partial charge in [-0.25, -0.2) is 0 Å². The van der Waals surface area contributed by atoms with Gasteiger partial charge in [-0.15, -0.1) is 11.8 Å². The Morgan fingerprint density at radius 1 is 1.00 bits per heavy atom. The van der Waals surface area contributed by atoms with Gasteiger partial charge in [0.2, 0.25) is 0 Å². The van der Waals surface area contributed by atoms with Crippen molar-refractivity contribution >= 4 is 29.7 Å². The van der Waals surface area contributed by atoms with Gasteiger partial charge < -0.3 is 23.4 Å². The summed E-state index contributed by atoms with van der Waals surface area (Å²) in [7, 11) is 0. The van der Waals surface area contributed by atoms with Crippen molar-refractivity contribution in [2.75, 3.05) is 5.75 Å². The van der Waals surface area contributed by atoms with Crippen molar-refractivity contribution < 1.29 is 37.7 Å². The molecule has 160 valence electrons. The highest BCUT2D eigenvalue weighted by Crippen LogP contribution is 2.35. The van der Waals surface area contributed by atoms with Crippen molar-refractivity contribution in [3.63, 3.8) is 0 Å². The van der Waals surface area contributed by atoms with Gasteiger partial charge in [0.1, 0.15) is 5.75 Å². The molecular formula is C20H21NO8S. The number of carbonyl (C=O) groups is 3. The molecule has 0 spiro atoms. The molecule has 3 heterocycles. The van der Waals surface area contributed by atoms with Crippen LogP contribution in [0.2, 0.25) is 0 Å². The van der Waals surface area contributed by atoms with Crippen LogP contribution in [0.4, 0.5) is 0 Å². The molecule has 1 aliphatic rings. The molecule has 0 aromatic carbocycles. The Labute approximate surface area is 177 Å². The second-order valence-electron chi connectivity index (χ2n) is 6.54. The molecule has 9 nitrogen and oxygen atoms in total. The number of rotatable bonds is 6. The van der Waals surface area contributed by atoms with Gasteiger partial charge in [-0.3, -0.25) is 19.4 Å². The van der Waals surface area contributed by atoms with Crippen LogP contribution >= 0.6 is 11.8 Å². The molecule has 0 N–H and O–H groups in total. The third-order valence-corrected chi connectivity index (χ3v) is 5.34. The summed E-state index contributed by atoms with van der Waals surface area (Å²) in [4.78, 5) is 39.0. The van der Waals surface area contributed by atoms with E-state index < -0.39 is 41.7 Å². The summed E-state index contributed by atoms with van der Waals surface area (Å²) in [6.45, 7) is 3.72. The molecular weight excluding hydrogens is 414 g/mol. The largest absolute Gasteiger partial charge is 0.474 e. The zero-order valence-electron chi connectivity index (χ0n) is 16.6. The molecule has 1 saturated heterocycles. The van der Waals surface area contributed by atoms with Gasteiger partial charge in [0.25, 0.3) is 0 Å². The number of ether oxygens (including phenoxy) is 4. The van der Waals surface area contributed by atoms with Crippen LogP contribution < -0.4 is 4.74 Å². The topological polar surface area (TPSA) is 114 Å². The normalized spacial score (nSPS) is 23.3. The highest BCUT2D eigenvalue weighted by Gasteiger charge is 2.47. The van der Waals surface area contributed by atoms with Crippen molar-refractivity contribution in [1.29, 1.82) is 0 Å². The number of aromatic nitrogens is 1. The highest BCUT2D eigenvalue weighted by molar-refractivity contribution is 7.99. The maximum Gasteiger partial charge on any atom is 0.303 e. The molecule has 30 heavy (non-hydrogen) atoms. The standard InChI is InChI=1S/C20H21NO8S/c1-11(22)26-17-10-30-20(19(28-13(3)24)18(17)27-12(2)23)29-16-6-15(7-21-8-16)14-4-5-25-9-14/h4-9,17-20H,10H2,1-3H3/t17-,18+,19-,20+/m1/s1. The summed E-state index contributed by atoms with van der Waals surface area (Å²) in [5, 5.41) is 0. The Morgan fingerprint density at radius 3 is 2.33 bits per heavy atom. The molecule has 1 fully saturated rings. The van der Waals surface area contributed by atoms with Gasteiger partial charge in [-0.05, 0) is 12.1 Å². The van der Waals surface area contributed by atoms with Crippen LogP contribution in [0.15, 0.2) is 41.5 Å². The molecule has 0 unspecified atom stereocenters. The second kappa shape index (κ2) is 9.66. The van der Waals surface area contributed by atoms with Gasteiger partial charge in [-0.2, -0.15) is 0 Å². The smallest absolute Gasteiger partial charge is 0.303 e. The minimum Gasteiger partial charge on any atom is -0.474 e. The first-order chi connectivity index (χ1) is 14.3. The fourth-order valence-electron chi connectivity index (χ4n) is 3.01. The van der Waals surface area contributed by atoms with E-state index >= 15 is 0 Å². The van der Waals surface area contributed by atoms with Crippen molar-refractivity contribution in [3.05, 3.63) is 37.1 Å². The average Bonchev–Trinajstić information content (AvgIpc) is 3.20. The van der Waals surface area contributed by atoms with E-state index in [2.05, 4.69) is 4.98 Å². The third-order valence-electron chi connectivity index (χ3n) is 4.12. The highest BCUT2D eigenvalue weighted by atomic mass is 32.2. The summed E-state index contributed by atoms with van der Waals surface area (Å²) in [6, 6.07) is 3.56. The number of nitrogens with zero attached hydrogens (tertiary/aromatic N) is 1. The molecule has 4 atom stereocenters. The fourth-order valence-corrected chi connectivity index (χ4v) is 4.23. The number of esters is 3. The number of furan rings is 1. The van der Waals surface area contributed by atoms with E-state index in [4.69, 9.17) is 23.4 Å².